The zero-order valence-electron chi connectivity index (χ0n) is 17.8. The van der Waals surface area contributed by atoms with E-state index in [1.807, 2.05) is 13.8 Å². The molecule has 1 spiro atoms. The van der Waals surface area contributed by atoms with Crippen LogP contribution in [0.15, 0.2) is 0 Å². The van der Waals surface area contributed by atoms with Crippen LogP contribution in [-0.4, -0.2) is 69.6 Å². The van der Waals surface area contributed by atoms with Crippen molar-refractivity contribution in [2.24, 2.45) is 17.8 Å². The van der Waals surface area contributed by atoms with E-state index in [4.69, 9.17) is 9.84 Å². The van der Waals surface area contributed by atoms with Gasteiger partial charge in [0.2, 0.25) is 11.8 Å². The van der Waals surface area contributed by atoms with Crippen molar-refractivity contribution in [2.75, 3.05) is 19.8 Å². The van der Waals surface area contributed by atoms with Crippen LogP contribution in [0, 0.1) is 17.8 Å². The number of nitrogens with one attached hydrogen (secondary N) is 1. The number of hydrogen-bond acceptors (Lipinski definition) is 6. The minimum atomic E-state index is -0.574. The molecule has 8 heteroatoms. The highest BCUT2D eigenvalue weighted by molar-refractivity contribution is 8.02. The van der Waals surface area contributed by atoms with Gasteiger partial charge in [-0.25, -0.2) is 0 Å². The predicted octanol–water partition coefficient (Wildman–Crippen LogP) is 1.57. The van der Waals surface area contributed by atoms with Gasteiger partial charge in [-0.05, 0) is 52.4 Å². The first-order valence-electron chi connectivity index (χ1n) is 10.9. The van der Waals surface area contributed by atoms with Gasteiger partial charge in [-0.2, -0.15) is 0 Å². The summed E-state index contributed by atoms with van der Waals surface area (Å²) in [7, 11) is 0. The van der Waals surface area contributed by atoms with Gasteiger partial charge in [0.05, 0.1) is 23.2 Å². The van der Waals surface area contributed by atoms with E-state index in [1.54, 1.807) is 23.6 Å². The fourth-order valence-electron chi connectivity index (χ4n) is 5.50. The molecule has 164 valence electrons. The van der Waals surface area contributed by atoms with Gasteiger partial charge < -0.3 is 20.1 Å². The first-order chi connectivity index (χ1) is 13.8. The largest absolute Gasteiger partial charge is 0.466 e. The van der Waals surface area contributed by atoms with Crippen molar-refractivity contribution in [1.82, 2.24) is 10.2 Å². The fraction of sp³-hybridized carbons (Fsp3) is 0.857. The van der Waals surface area contributed by atoms with Crippen molar-refractivity contribution in [3.63, 3.8) is 0 Å². The number of aliphatic hydroxyl groups is 1. The molecule has 0 aromatic carbocycles. The van der Waals surface area contributed by atoms with Crippen LogP contribution in [0.1, 0.15) is 53.4 Å². The Morgan fingerprint density at radius 2 is 2.07 bits per heavy atom. The highest BCUT2D eigenvalue weighted by Crippen LogP contribution is 2.68. The minimum Gasteiger partial charge on any atom is -0.466 e. The number of unbranched alkanes of at least 4 members (excludes halogenated alkanes) is 2. The van der Waals surface area contributed by atoms with Crippen molar-refractivity contribution < 1.29 is 24.2 Å². The molecule has 0 aromatic rings. The van der Waals surface area contributed by atoms with Gasteiger partial charge in [-0.1, -0.05) is 6.92 Å². The van der Waals surface area contributed by atoms with Crippen LogP contribution in [0.2, 0.25) is 0 Å². The lowest BCUT2D eigenvalue weighted by Crippen LogP contribution is -2.57. The standard InChI is InChI=1S/C21H34N2O5S/c1-5-28-20(27)15-14-11-13(4)21(29-14)16(15)19(26)23(9-7-6-8-10-24)17(21)18(25)22-12(2)3/h12-17,24H,5-11H2,1-4H3,(H,22,25)/t13?,14-,15+,16+,17?,21?/m1/s1. The normalized spacial score (nSPS) is 35.3. The Balaban J connectivity index is 1.95. The molecule has 6 atom stereocenters. The van der Waals surface area contributed by atoms with Crippen molar-refractivity contribution >= 4 is 29.5 Å². The van der Waals surface area contributed by atoms with Crippen molar-refractivity contribution in [3.8, 4) is 0 Å². The summed E-state index contributed by atoms with van der Waals surface area (Å²) in [5, 5.41) is 12.1. The Hall–Kier alpha value is -1.28. The number of likely N-dealkylation sites (tertiary alicyclic amines) is 1. The van der Waals surface area contributed by atoms with Gasteiger partial charge in [0.15, 0.2) is 0 Å². The number of amides is 2. The third-order valence-corrected chi connectivity index (χ3v) is 8.62. The molecule has 2 amide bonds. The summed E-state index contributed by atoms with van der Waals surface area (Å²) in [5.41, 5.74) is 0. The van der Waals surface area contributed by atoms with Crippen molar-refractivity contribution in [1.29, 1.82) is 0 Å². The summed E-state index contributed by atoms with van der Waals surface area (Å²) >= 11 is 1.67. The molecule has 0 aromatic heterocycles. The maximum atomic E-state index is 13.6. The molecule has 0 aliphatic carbocycles. The van der Waals surface area contributed by atoms with Gasteiger partial charge in [-0.3, -0.25) is 14.4 Å². The van der Waals surface area contributed by atoms with E-state index in [2.05, 4.69) is 12.2 Å². The van der Waals surface area contributed by atoms with Crippen LogP contribution in [0.3, 0.4) is 0 Å². The van der Waals surface area contributed by atoms with Crippen molar-refractivity contribution in [3.05, 3.63) is 0 Å². The van der Waals surface area contributed by atoms with Crippen LogP contribution >= 0.6 is 11.8 Å². The second-order valence-corrected chi connectivity index (χ2v) is 10.3. The maximum Gasteiger partial charge on any atom is 0.310 e. The highest BCUT2D eigenvalue weighted by Gasteiger charge is 2.76. The Kier molecular flexibility index (Phi) is 6.83. The number of fused-ring (bicyclic) bond motifs is 1. The van der Waals surface area contributed by atoms with Gasteiger partial charge in [0.25, 0.3) is 0 Å². The van der Waals surface area contributed by atoms with Gasteiger partial charge in [-0.15, -0.1) is 11.8 Å². The number of rotatable bonds is 9. The number of ether oxygens (including phenoxy) is 1. The number of thioether (sulfide) groups is 1. The van der Waals surface area contributed by atoms with Crippen LogP contribution in [0.25, 0.3) is 0 Å². The Morgan fingerprint density at radius 1 is 1.34 bits per heavy atom. The van der Waals surface area contributed by atoms with Crippen molar-refractivity contribution in [2.45, 2.75) is 75.5 Å². The smallest absolute Gasteiger partial charge is 0.310 e. The lowest BCUT2D eigenvalue weighted by molar-refractivity contribution is -0.154. The van der Waals surface area contributed by atoms with E-state index in [0.29, 0.717) is 19.6 Å². The zero-order valence-corrected chi connectivity index (χ0v) is 18.7. The predicted molar refractivity (Wildman–Crippen MR) is 111 cm³/mol. The average molecular weight is 427 g/mol. The lowest BCUT2D eigenvalue weighted by atomic mass is 9.66. The van der Waals surface area contributed by atoms with E-state index in [9.17, 15) is 14.4 Å². The first-order valence-corrected chi connectivity index (χ1v) is 11.7. The molecule has 3 unspecified atom stereocenters. The molecule has 0 saturated carbocycles. The summed E-state index contributed by atoms with van der Waals surface area (Å²) in [4.78, 5) is 41.3. The Labute approximate surface area is 177 Å². The SMILES string of the molecule is CCOC(=O)[C@@H]1[C@H]2C(=O)N(CCCCCO)C(C(=O)NC(C)C)C23S[C@@H]1CC3C. The molecule has 29 heavy (non-hydrogen) atoms. The molecule has 0 radical (unpaired) electrons. The van der Waals surface area contributed by atoms with Gasteiger partial charge in [0.1, 0.15) is 6.04 Å². The number of nitrogens with zero attached hydrogens (tertiary/aromatic N) is 1. The van der Waals surface area contributed by atoms with Crippen LogP contribution in [0.5, 0.6) is 0 Å². The zero-order chi connectivity index (χ0) is 21.3. The number of carbonyl (C=O) groups is 3. The molecule has 2 bridgehead atoms. The highest BCUT2D eigenvalue weighted by atomic mass is 32.2. The van der Waals surface area contributed by atoms with Crippen LogP contribution < -0.4 is 5.32 Å². The number of esters is 1. The number of hydrogen-bond donors (Lipinski definition) is 2. The summed E-state index contributed by atoms with van der Waals surface area (Å²) in [6.07, 6.45) is 3.02. The molecule has 7 nitrogen and oxygen atoms in total. The molecule has 3 rings (SSSR count). The molecule has 3 aliphatic rings. The van der Waals surface area contributed by atoms with Gasteiger partial charge in [0, 0.05) is 24.4 Å². The lowest BCUT2D eigenvalue weighted by Gasteiger charge is -2.38. The second kappa shape index (κ2) is 8.84. The number of carbonyl (C=O) groups excluding carboxylic acids is 3. The third-order valence-electron chi connectivity index (χ3n) is 6.54. The van der Waals surface area contributed by atoms with Crippen LogP contribution in [0.4, 0.5) is 0 Å². The van der Waals surface area contributed by atoms with E-state index in [1.165, 1.54) is 0 Å². The summed E-state index contributed by atoms with van der Waals surface area (Å²) in [6.45, 7) is 8.61. The van der Waals surface area contributed by atoms with Crippen LogP contribution in [-0.2, 0) is 19.1 Å². The Bertz CT molecular complexity index is 657. The van der Waals surface area contributed by atoms with E-state index < -0.39 is 22.6 Å². The summed E-state index contributed by atoms with van der Waals surface area (Å²) in [6, 6.07) is -0.593. The van der Waals surface area contributed by atoms with E-state index in [-0.39, 0.29) is 41.6 Å². The average Bonchev–Trinajstić information content (AvgIpc) is 3.22. The summed E-state index contributed by atoms with van der Waals surface area (Å²) < 4.78 is 4.75. The van der Waals surface area contributed by atoms with Gasteiger partial charge >= 0.3 is 5.97 Å². The first kappa shape index (κ1) is 22.4. The molecular weight excluding hydrogens is 392 g/mol. The van der Waals surface area contributed by atoms with E-state index >= 15 is 0 Å². The van der Waals surface area contributed by atoms with E-state index in [0.717, 1.165) is 19.3 Å². The summed E-state index contributed by atoms with van der Waals surface area (Å²) in [5.74, 6) is -1.31. The molecule has 3 heterocycles. The quantitative estimate of drug-likeness (QED) is 0.429. The minimum absolute atomic E-state index is 0.0240. The second-order valence-electron chi connectivity index (χ2n) is 8.78. The molecule has 3 fully saturated rings. The molecule has 2 N–H and O–H groups in total. The molecule has 3 aliphatic heterocycles. The topological polar surface area (TPSA) is 95.9 Å². The fourth-order valence-corrected chi connectivity index (χ4v) is 7.91. The number of aliphatic hydroxyl groups excluding tert-OH is 1. The third kappa shape index (κ3) is 3.67. The molecule has 3 saturated heterocycles. The molecular formula is C21H34N2O5S. The Morgan fingerprint density at radius 3 is 2.69 bits per heavy atom. The monoisotopic (exact) mass is 426 g/mol. The maximum absolute atomic E-state index is 13.6.